The number of nitrogens with zero attached hydrogens (tertiary/aromatic N) is 3. The molecule has 0 bridgehead atoms. The third-order valence-corrected chi connectivity index (χ3v) is 6.23. The van der Waals surface area contributed by atoms with E-state index in [2.05, 4.69) is 16.4 Å². The normalized spacial score (nSPS) is 17.6. The molecular weight excluding hydrogens is 420 g/mol. The predicted octanol–water partition coefficient (Wildman–Crippen LogP) is 2.45. The fraction of sp³-hybridized carbons (Fsp3) is 0.429. The summed E-state index contributed by atoms with van der Waals surface area (Å²) in [5.74, 6) is -0.171. The van der Waals surface area contributed by atoms with Crippen molar-refractivity contribution in [3.05, 3.63) is 46.1 Å². The topological polar surface area (TPSA) is 114 Å². The number of ether oxygens (including phenoxy) is 3. The molecule has 2 aliphatic heterocycles. The van der Waals surface area contributed by atoms with Gasteiger partial charge in [-0.3, -0.25) is 9.78 Å². The standard InChI is InChI=1S/C21H22N4O5S/c22-9-17-16-6-8-25(21(27)29-12-15-11-28-13-30-15)10-18(16)31-20(17)24-19(26)5-4-14-3-1-2-7-23-14/h1-3,7,15H,4-6,8,10-13H2,(H,24,26). The molecule has 0 spiro atoms. The van der Waals surface area contributed by atoms with Gasteiger partial charge in [-0.25, -0.2) is 4.79 Å². The van der Waals surface area contributed by atoms with Crippen molar-refractivity contribution in [1.82, 2.24) is 9.88 Å². The van der Waals surface area contributed by atoms with E-state index in [1.807, 2.05) is 18.2 Å². The van der Waals surface area contributed by atoms with E-state index in [-0.39, 0.29) is 31.8 Å². The minimum atomic E-state index is -0.422. The Bertz CT molecular complexity index is 982. The van der Waals surface area contributed by atoms with Gasteiger partial charge >= 0.3 is 6.09 Å². The first-order valence-electron chi connectivity index (χ1n) is 9.99. The summed E-state index contributed by atoms with van der Waals surface area (Å²) >= 11 is 1.34. The van der Waals surface area contributed by atoms with Gasteiger partial charge in [0.15, 0.2) is 0 Å². The van der Waals surface area contributed by atoms with Crippen LogP contribution in [0.25, 0.3) is 0 Å². The molecule has 0 aliphatic carbocycles. The molecule has 4 rings (SSSR count). The Morgan fingerprint density at radius 1 is 1.42 bits per heavy atom. The van der Waals surface area contributed by atoms with Gasteiger partial charge in [0.25, 0.3) is 0 Å². The molecule has 9 nitrogen and oxygen atoms in total. The van der Waals surface area contributed by atoms with E-state index in [9.17, 15) is 14.9 Å². The molecule has 1 N–H and O–H groups in total. The zero-order chi connectivity index (χ0) is 21.6. The van der Waals surface area contributed by atoms with Crippen LogP contribution < -0.4 is 5.32 Å². The molecule has 10 heteroatoms. The Labute approximate surface area is 183 Å². The summed E-state index contributed by atoms with van der Waals surface area (Å²) in [6, 6.07) is 7.79. The minimum absolute atomic E-state index is 0.146. The highest BCUT2D eigenvalue weighted by Crippen LogP contribution is 2.37. The van der Waals surface area contributed by atoms with Crippen LogP contribution in [0.1, 0.15) is 28.1 Å². The van der Waals surface area contributed by atoms with Gasteiger partial charge in [0.05, 0.1) is 18.7 Å². The zero-order valence-corrected chi connectivity index (χ0v) is 17.7. The Kier molecular flexibility index (Phi) is 6.76. The number of nitriles is 1. The highest BCUT2D eigenvalue weighted by Gasteiger charge is 2.29. The van der Waals surface area contributed by atoms with Crippen LogP contribution in [0.15, 0.2) is 24.4 Å². The Hall–Kier alpha value is -3.00. The monoisotopic (exact) mass is 442 g/mol. The third kappa shape index (κ3) is 5.19. The number of amides is 2. The largest absolute Gasteiger partial charge is 0.447 e. The number of nitrogens with one attached hydrogen (secondary N) is 1. The summed E-state index contributed by atoms with van der Waals surface area (Å²) in [6.45, 7) is 1.58. The number of aromatic nitrogens is 1. The first-order valence-corrected chi connectivity index (χ1v) is 10.8. The SMILES string of the molecule is N#Cc1c(NC(=O)CCc2ccccn2)sc2c1CCN(C(=O)OCC1COCO1)C2. The van der Waals surface area contributed by atoms with Crippen LogP contribution in [-0.4, -0.2) is 54.5 Å². The van der Waals surface area contributed by atoms with Crippen molar-refractivity contribution >= 4 is 28.3 Å². The lowest BCUT2D eigenvalue weighted by atomic mass is 10.0. The van der Waals surface area contributed by atoms with Crippen LogP contribution in [0.5, 0.6) is 0 Å². The highest BCUT2D eigenvalue weighted by atomic mass is 32.1. The van der Waals surface area contributed by atoms with Gasteiger partial charge in [-0.1, -0.05) is 6.07 Å². The molecule has 0 aromatic carbocycles. The van der Waals surface area contributed by atoms with Crippen molar-refractivity contribution in [2.45, 2.75) is 31.9 Å². The Morgan fingerprint density at radius 2 is 2.32 bits per heavy atom. The zero-order valence-electron chi connectivity index (χ0n) is 16.8. The van der Waals surface area contributed by atoms with E-state index in [4.69, 9.17) is 14.2 Å². The number of thiophene rings is 1. The summed E-state index contributed by atoms with van der Waals surface area (Å²) < 4.78 is 15.7. The molecule has 31 heavy (non-hydrogen) atoms. The average molecular weight is 442 g/mol. The van der Waals surface area contributed by atoms with Crippen LogP contribution in [-0.2, 0) is 38.4 Å². The van der Waals surface area contributed by atoms with E-state index in [1.54, 1.807) is 11.1 Å². The van der Waals surface area contributed by atoms with Crippen LogP contribution in [0.4, 0.5) is 9.80 Å². The van der Waals surface area contributed by atoms with Crippen LogP contribution in [0.3, 0.4) is 0 Å². The summed E-state index contributed by atoms with van der Waals surface area (Å²) in [7, 11) is 0. The van der Waals surface area contributed by atoms with Gasteiger partial charge in [0, 0.05) is 29.7 Å². The second kappa shape index (κ2) is 9.87. The smallest absolute Gasteiger partial charge is 0.410 e. The molecule has 1 unspecified atom stereocenters. The average Bonchev–Trinajstić information content (AvgIpc) is 3.43. The molecule has 4 heterocycles. The summed E-state index contributed by atoms with van der Waals surface area (Å²) in [5.41, 5.74) is 2.21. The van der Waals surface area contributed by atoms with Crippen molar-refractivity contribution in [3.63, 3.8) is 0 Å². The lowest BCUT2D eigenvalue weighted by Crippen LogP contribution is -2.37. The van der Waals surface area contributed by atoms with E-state index >= 15 is 0 Å². The maximum absolute atomic E-state index is 12.4. The van der Waals surface area contributed by atoms with Crippen molar-refractivity contribution in [2.75, 3.05) is 31.9 Å². The number of pyridine rings is 1. The lowest BCUT2D eigenvalue weighted by molar-refractivity contribution is -0.116. The molecule has 0 radical (unpaired) electrons. The number of carbonyl (C=O) groups is 2. The van der Waals surface area contributed by atoms with E-state index in [1.165, 1.54) is 11.3 Å². The van der Waals surface area contributed by atoms with E-state index in [0.717, 1.165) is 16.1 Å². The van der Waals surface area contributed by atoms with Crippen molar-refractivity contribution in [1.29, 1.82) is 5.26 Å². The number of anilines is 1. The number of carbonyl (C=O) groups excluding carboxylic acids is 2. The summed E-state index contributed by atoms with van der Waals surface area (Å²) in [5, 5.41) is 13.0. The number of aryl methyl sites for hydroxylation is 1. The fourth-order valence-corrected chi connectivity index (χ4v) is 4.70. The third-order valence-electron chi connectivity index (χ3n) is 5.10. The molecule has 1 saturated heterocycles. The van der Waals surface area contributed by atoms with E-state index in [0.29, 0.717) is 43.1 Å². The summed E-state index contributed by atoms with van der Waals surface area (Å²) in [4.78, 5) is 31.5. The highest BCUT2D eigenvalue weighted by molar-refractivity contribution is 7.16. The van der Waals surface area contributed by atoms with Crippen molar-refractivity contribution < 1.29 is 23.8 Å². The van der Waals surface area contributed by atoms with Crippen LogP contribution in [0.2, 0.25) is 0 Å². The quantitative estimate of drug-likeness (QED) is 0.731. The summed E-state index contributed by atoms with van der Waals surface area (Å²) in [6.07, 6.45) is 2.37. The fourth-order valence-electron chi connectivity index (χ4n) is 3.47. The number of rotatable bonds is 6. The van der Waals surface area contributed by atoms with E-state index < -0.39 is 6.09 Å². The lowest BCUT2D eigenvalue weighted by Gasteiger charge is -2.26. The number of hydrogen-bond donors (Lipinski definition) is 1. The van der Waals surface area contributed by atoms with Gasteiger partial charge in [-0.05, 0) is 30.5 Å². The minimum Gasteiger partial charge on any atom is -0.447 e. The number of fused-ring (bicyclic) bond motifs is 1. The maximum Gasteiger partial charge on any atom is 0.410 e. The molecule has 162 valence electrons. The van der Waals surface area contributed by atoms with Crippen LogP contribution in [0, 0.1) is 11.3 Å². The molecule has 0 saturated carbocycles. The molecule has 1 atom stereocenters. The maximum atomic E-state index is 12.4. The van der Waals surface area contributed by atoms with Gasteiger partial charge in [0.2, 0.25) is 5.91 Å². The molecule has 2 aromatic rings. The molecular formula is C21H22N4O5S. The van der Waals surface area contributed by atoms with Gasteiger partial charge in [-0.2, -0.15) is 5.26 Å². The Morgan fingerprint density at radius 3 is 3.06 bits per heavy atom. The van der Waals surface area contributed by atoms with Gasteiger partial charge in [-0.15, -0.1) is 11.3 Å². The molecule has 2 amide bonds. The number of hydrogen-bond acceptors (Lipinski definition) is 8. The van der Waals surface area contributed by atoms with Gasteiger partial charge in [0.1, 0.15) is 30.6 Å². The second-order valence-electron chi connectivity index (χ2n) is 7.21. The van der Waals surface area contributed by atoms with Crippen molar-refractivity contribution in [3.8, 4) is 6.07 Å². The van der Waals surface area contributed by atoms with Crippen molar-refractivity contribution in [2.24, 2.45) is 0 Å². The second-order valence-corrected chi connectivity index (χ2v) is 8.32. The molecule has 1 fully saturated rings. The first kappa shape index (κ1) is 21.2. The Balaban J connectivity index is 1.35. The van der Waals surface area contributed by atoms with Gasteiger partial charge < -0.3 is 24.4 Å². The predicted molar refractivity (Wildman–Crippen MR) is 111 cm³/mol. The first-order chi connectivity index (χ1) is 15.1. The van der Waals surface area contributed by atoms with Crippen LogP contribution >= 0.6 is 11.3 Å². The molecule has 2 aromatic heterocycles. The molecule has 2 aliphatic rings.